The van der Waals surface area contributed by atoms with Gasteiger partial charge in [-0.05, 0) is 55.8 Å². The summed E-state index contributed by atoms with van der Waals surface area (Å²) < 4.78 is 19.7. The van der Waals surface area contributed by atoms with Gasteiger partial charge < -0.3 is 28.3 Å². The van der Waals surface area contributed by atoms with E-state index in [4.69, 9.17) is 18.6 Å². The SMILES string of the molecule is CN1C=CN(c2[c-]c(Oc3[c-]c(N(c4ccccc4)c4ccccn4)cc4c3oc3ccccc34)c3oc4ccccc4c3c2)[CH-]1.[Pt]. The minimum Gasteiger partial charge on any atom is -0.512 e. The summed E-state index contributed by atoms with van der Waals surface area (Å²) in [5.74, 6) is 1.59. The molecule has 0 atom stereocenters. The smallest absolute Gasteiger partial charge is 0.135 e. The van der Waals surface area contributed by atoms with E-state index in [-0.39, 0.29) is 21.1 Å². The molecular weight excluding hydrogens is 768 g/mol. The number of benzene rings is 5. The van der Waals surface area contributed by atoms with Crippen LogP contribution in [0.25, 0.3) is 43.9 Å². The molecule has 9 rings (SSSR count). The molecule has 7 nitrogen and oxygen atoms in total. The molecule has 0 bridgehead atoms. The Balaban J connectivity index is 0.00000324. The molecule has 4 heterocycles. The molecule has 0 saturated heterocycles. The van der Waals surface area contributed by atoms with Crippen molar-refractivity contribution in [3.63, 3.8) is 0 Å². The summed E-state index contributed by atoms with van der Waals surface area (Å²) in [5, 5.41) is 3.78. The van der Waals surface area contributed by atoms with Crippen LogP contribution in [0.1, 0.15) is 0 Å². The first-order chi connectivity index (χ1) is 22.7. The van der Waals surface area contributed by atoms with E-state index >= 15 is 0 Å². The summed E-state index contributed by atoms with van der Waals surface area (Å²) in [7, 11) is 1.98. The summed E-state index contributed by atoms with van der Waals surface area (Å²) in [6, 6.07) is 43.1. The van der Waals surface area contributed by atoms with Crippen LogP contribution in [0.3, 0.4) is 0 Å². The summed E-state index contributed by atoms with van der Waals surface area (Å²) in [6.07, 6.45) is 5.75. The van der Waals surface area contributed by atoms with Crippen molar-refractivity contribution in [3.05, 3.63) is 147 Å². The molecule has 0 radical (unpaired) electrons. The van der Waals surface area contributed by atoms with Crippen molar-refractivity contribution in [2.45, 2.75) is 0 Å². The molecule has 0 fully saturated rings. The monoisotopic (exact) mass is 792 g/mol. The molecule has 3 aromatic heterocycles. The number of ether oxygens (including phenoxy) is 1. The van der Waals surface area contributed by atoms with Gasteiger partial charge in [0, 0.05) is 43.7 Å². The van der Waals surface area contributed by atoms with Crippen LogP contribution in [0, 0.1) is 18.8 Å². The third-order valence-corrected chi connectivity index (χ3v) is 8.11. The number of furan rings is 2. The fraction of sp³-hybridized carbons (Fsp3) is 0.0256. The fourth-order valence-corrected chi connectivity index (χ4v) is 6.00. The minimum absolute atomic E-state index is 0. The van der Waals surface area contributed by atoms with Crippen LogP contribution in [-0.4, -0.2) is 16.9 Å². The molecule has 1 aliphatic rings. The second-order valence-electron chi connectivity index (χ2n) is 11.1. The molecule has 0 spiro atoms. The molecule has 0 unspecified atom stereocenters. The van der Waals surface area contributed by atoms with Gasteiger partial charge in [-0.3, -0.25) is 0 Å². The van der Waals surface area contributed by atoms with Crippen LogP contribution in [-0.2, 0) is 21.1 Å². The van der Waals surface area contributed by atoms with Crippen molar-refractivity contribution in [1.29, 1.82) is 0 Å². The predicted molar refractivity (Wildman–Crippen MR) is 181 cm³/mol. The van der Waals surface area contributed by atoms with Gasteiger partial charge in [-0.1, -0.05) is 77.1 Å². The van der Waals surface area contributed by atoms with Gasteiger partial charge in [0.1, 0.15) is 17.0 Å². The van der Waals surface area contributed by atoms with Crippen LogP contribution < -0.4 is 14.5 Å². The second-order valence-corrected chi connectivity index (χ2v) is 11.1. The Morgan fingerprint density at radius 1 is 0.702 bits per heavy atom. The van der Waals surface area contributed by atoms with Gasteiger partial charge in [0.15, 0.2) is 0 Å². The first-order valence-electron chi connectivity index (χ1n) is 14.9. The van der Waals surface area contributed by atoms with Crippen LogP contribution in [0.4, 0.5) is 22.9 Å². The van der Waals surface area contributed by atoms with Gasteiger partial charge in [-0.15, -0.1) is 30.0 Å². The number of hydrogen-bond acceptors (Lipinski definition) is 7. The molecule has 5 aromatic carbocycles. The summed E-state index contributed by atoms with van der Waals surface area (Å²) in [6.45, 7) is 1.98. The van der Waals surface area contributed by atoms with Gasteiger partial charge in [-0.2, -0.15) is 6.67 Å². The summed E-state index contributed by atoms with van der Waals surface area (Å²) in [4.78, 5) is 10.8. The van der Waals surface area contributed by atoms with E-state index in [1.54, 1.807) is 6.20 Å². The molecule has 0 aliphatic carbocycles. The van der Waals surface area contributed by atoms with E-state index in [2.05, 4.69) is 41.3 Å². The number of anilines is 4. The third kappa shape index (κ3) is 5.00. The molecular formula is C39H25N4O3Pt-3. The predicted octanol–water partition coefficient (Wildman–Crippen LogP) is 10.1. The van der Waals surface area contributed by atoms with Gasteiger partial charge >= 0.3 is 0 Å². The number of pyridine rings is 1. The van der Waals surface area contributed by atoms with E-state index in [0.29, 0.717) is 22.7 Å². The molecule has 0 amide bonds. The maximum Gasteiger partial charge on any atom is 0.135 e. The van der Waals surface area contributed by atoms with Crippen molar-refractivity contribution in [2.24, 2.45) is 0 Å². The van der Waals surface area contributed by atoms with Crippen LogP contribution in [0.15, 0.2) is 137 Å². The fourth-order valence-electron chi connectivity index (χ4n) is 6.00. The van der Waals surface area contributed by atoms with Crippen molar-refractivity contribution in [3.8, 4) is 11.5 Å². The molecule has 1 aliphatic heterocycles. The molecule has 232 valence electrons. The molecule has 8 heteroatoms. The Morgan fingerprint density at radius 2 is 1.34 bits per heavy atom. The van der Waals surface area contributed by atoms with E-state index in [1.807, 2.05) is 121 Å². The van der Waals surface area contributed by atoms with Crippen molar-refractivity contribution in [2.75, 3.05) is 16.8 Å². The number of para-hydroxylation sites is 3. The quantitative estimate of drug-likeness (QED) is 0.156. The molecule has 47 heavy (non-hydrogen) atoms. The number of aromatic nitrogens is 1. The Kier molecular flexibility index (Phi) is 7.19. The zero-order valence-electron chi connectivity index (χ0n) is 25.0. The van der Waals surface area contributed by atoms with E-state index in [0.717, 1.165) is 55.6 Å². The van der Waals surface area contributed by atoms with Crippen LogP contribution >= 0.6 is 0 Å². The molecule has 0 saturated carbocycles. The Hall–Kier alpha value is -5.52. The molecule has 0 N–H and O–H groups in total. The van der Waals surface area contributed by atoms with Gasteiger partial charge in [0.05, 0.1) is 22.7 Å². The average molecular weight is 793 g/mol. The third-order valence-electron chi connectivity index (χ3n) is 8.11. The summed E-state index contributed by atoms with van der Waals surface area (Å²) >= 11 is 0. The average Bonchev–Trinajstić information content (AvgIpc) is 3.81. The topological polar surface area (TPSA) is 58.1 Å². The standard InChI is InChI=1S/C39H25N4O3.Pt/c1-41-19-20-42(25-41)27-21-31-29-13-5-7-15-33(29)45-38(31)35(23-27)44-36-24-28(22-32-30-14-6-8-16-34(30)46-39(32)36)43(26-11-3-2-4-12-26)37-17-9-10-18-40-37;/h2-22,25H,1H3;/q-3;. The first kappa shape index (κ1) is 28.9. The number of fused-ring (bicyclic) bond motifs is 6. The van der Waals surface area contributed by atoms with Crippen molar-refractivity contribution in [1.82, 2.24) is 9.88 Å². The van der Waals surface area contributed by atoms with Crippen molar-refractivity contribution < 1.29 is 34.6 Å². The van der Waals surface area contributed by atoms with E-state index < -0.39 is 0 Å². The first-order valence-corrected chi connectivity index (χ1v) is 14.9. The number of nitrogens with zero attached hydrogens (tertiary/aromatic N) is 4. The van der Waals surface area contributed by atoms with Crippen molar-refractivity contribution >= 4 is 66.8 Å². The zero-order chi connectivity index (χ0) is 30.6. The Morgan fingerprint density at radius 3 is 2.00 bits per heavy atom. The maximum atomic E-state index is 6.83. The van der Waals surface area contributed by atoms with Gasteiger partial charge in [0.2, 0.25) is 0 Å². The molecule has 8 aromatic rings. The normalized spacial score (nSPS) is 12.8. The summed E-state index contributed by atoms with van der Waals surface area (Å²) in [5.41, 5.74) is 5.18. The minimum atomic E-state index is 0. The van der Waals surface area contributed by atoms with E-state index in [9.17, 15) is 0 Å². The Labute approximate surface area is 285 Å². The Bertz CT molecular complexity index is 2380. The zero-order valence-corrected chi connectivity index (χ0v) is 27.3. The van der Waals surface area contributed by atoms with Gasteiger partial charge in [0.25, 0.3) is 0 Å². The number of hydrogen-bond donors (Lipinski definition) is 0. The van der Waals surface area contributed by atoms with E-state index in [1.165, 1.54) is 0 Å². The second kappa shape index (κ2) is 11.7. The van der Waals surface area contributed by atoms with Crippen LogP contribution in [0.5, 0.6) is 11.5 Å². The van der Waals surface area contributed by atoms with Gasteiger partial charge in [-0.25, -0.2) is 4.98 Å². The largest absolute Gasteiger partial charge is 0.512 e. The maximum absolute atomic E-state index is 6.83. The number of rotatable bonds is 6. The van der Waals surface area contributed by atoms with Crippen LogP contribution in [0.2, 0.25) is 0 Å².